The zero-order chi connectivity index (χ0) is 19.7. The van der Waals surface area contributed by atoms with Crippen molar-refractivity contribution in [1.29, 1.82) is 0 Å². The molecule has 3 aromatic rings. The minimum Gasteiger partial charge on any atom is -0.451 e. The molecule has 1 fully saturated rings. The van der Waals surface area contributed by atoms with E-state index in [-0.39, 0.29) is 17.8 Å². The molecule has 0 unspecified atom stereocenters. The van der Waals surface area contributed by atoms with Crippen molar-refractivity contribution < 1.29 is 13.6 Å². The van der Waals surface area contributed by atoms with Crippen molar-refractivity contribution in [3.05, 3.63) is 70.7 Å². The standard InChI is InChI=1S/C23H25FN2O2/c1-15-9-10-19-16(2)22(28-21(19)12-15)23(27)25-18-7-5-11-26(14-18)13-17-6-3-4-8-20(17)24/h3-4,6,8-10,12,18H,5,7,11,13-14H2,1-2H3,(H,25,27)/t18-/m1/s1. The van der Waals surface area contributed by atoms with E-state index in [1.54, 1.807) is 6.07 Å². The summed E-state index contributed by atoms with van der Waals surface area (Å²) in [4.78, 5) is 15.0. The van der Waals surface area contributed by atoms with Crippen molar-refractivity contribution in [1.82, 2.24) is 10.2 Å². The first-order valence-electron chi connectivity index (χ1n) is 9.77. The first-order chi connectivity index (χ1) is 13.5. The van der Waals surface area contributed by atoms with E-state index in [1.807, 2.05) is 44.2 Å². The predicted molar refractivity (Wildman–Crippen MR) is 108 cm³/mol. The summed E-state index contributed by atoms with van der Waals surface area (Å²) in [5, 5.41) is 4.09. The van der Waals surface area contributed by atoms with Crippen molar-refractivity contribution in [2.75, 3.05) is 13.1 Å². The SMILES string of the molecule is Cc1ccc2c(C)c(C(=O)N[C@@H]3CCCN(Cc4ccccc4F)C3)oc2c1. The van der Waals surface area contributed by atoms with Gasteiger partial charge in [0.25, 0.3) is 5.91 Å². The highest BCUT2D eigenvalue weighted by Gasteiger charge is 2.25. The van der Waals surface area contributed by atoms with Crippen LogP contribution in [0.2, 0.25) is 0 Å². The summed E-state index contributed by atoms with van der Waals surface area (Å²) < 4.78 is 19.8. The zero-order valence-corrected chi connectivity index (χ0v) is 16.3. The Labute approximate surface area is 164 Å². The molecule has 5 heteroatoms. The fourth-order valence-electron chi connectivity index (χ4n) is 3.98. The molecule has 1 N–H and O–H groups in total. The van der Waals surface area contributed by atoms with Gasteiger partial charge in [0, 0.05) is 35.6 Å². The van der Waals surface area contributed by atoms with Gasteiger partial charge in [-0.15, -0.1) is 0 Å². The molecule has 0 radical (unpaired) electrons. The maximum absolute atomic E-state index is 13.9. The van der Waals surface area contributed by atoms with Crippen LogP contribution in [0.5, 0.6) is 0 Å². The molecule has 1 aliphatic heterocycles. The molecule has 146 valence electrons. The van der Waals surface area contributed by atoms with Crippen molar-refractivity contribution in [2.24, 2.45) is 0 Å². The summed E-state index contributed by atoms with van der Waals surface area (Å²) in [7, 11) is 0. The maximum atomic E-state index is 13.9. The molecule has 28 heavy (non-hydrogen) atoms. The molecule has 0 spiro atoms. The highest BCUT2D eigenvalue weighted by molar-refractivity contribution is 5.99. The van der Waals surface area contributed by atoms with E-state index in [0.717, 1.165) is 41.5 Å². The molecule has 2 aromatic carbocycles. The number of rotatable bonds is 4. The Balaban J connectivity index is 1.44. The Morgan fingerprint density at radius 3 is 2.89 bits per heavy atom. The third-order valence-corrected chi connectivity index (χ3v) is 5.49. The number of piperidine rings is 1. The molecule has 0 saturated carbocycles. The molecule has 4 nitrogen and oxygen atoms in total. The monoisotopic (exact) mass is 380 g/mol. The lowest BCUT2D eigenvalue weighted by atomic mass is 10.0. The Kier molecular flexibility index (Phi) is 5.18. The second kappa shape index (κ2) is 7.76. The normalized spacial score (nSPS) is 17.8. The molecular weight excluding hydrogens is 355 g/mol. The van der Waals surface area contributed by atoms with E-state index in [4.69, 9.17) is 4.42 Å². The third kappa shape index (κ3) is 3.80. The van der Waals surface area contributed by atoms with E-state index in [9.17, 15) is 9.18 Å². The van der Waals surface area contributed by atoms with Crippen LogP contribution in [0.1, 0.15) is 40.1 Å². The maximum Gasteiger partial charge on any atom is 0.287 e. The van der Waals surface area contributed by atoms with Crippen molar-refractivity contribution in [2.45, 2.75) is 39.3 Å². The van der Waals surface area contributed by atoms with E-state index in [1.165, 1.54) is 6.07 Å². The lowest BCUT2D eigenvalue weighted by Crippen LogP contribution is -2.47. The topological polar surface area (TPSA) is 45.5 Å². The number of hydrogen-bond donors (Lipinski definition) is 1. The van der Waals surface area contributed by atoms with Crippen LogP contribution in [0, 0.1) is 19.7 Å². The van der Waals surface area contributed by atoms with E-state index >= 15 is 0 Å². The van der Waals surface area contributed by atoms with E-state index < -0.39 is 0 Å². The van der Waals surface area contributed by atoms with Crippen LogP contribution < -0.4 is 5.32 Å². The van der Waals surface area contributed by atoms with Crippen LogP contribution in [0.25, 0.3) is 11.0 Å². The second-order valence-corrected chi connectivity index (χ2v) is 7.69. The molecule has 4 rings (SSSR count). The van der Waals surface area contributed by atoms with Gasteiger partial charge in [-0.25, -0.2) is 4.39 Å². The second-order valence-electron chi connectivity index (χ2n) is 7.69. The first kappa shape index (κ1) is 18.7. The summed E-state index contributed by atoms with van der Waals surface area (Å²) in [5.41, 5.74) is 3.40. The highest BCUT2D eigenvalue weighted by atomic mass is 19.1. The quantitative estimate of drug-likeness (QED) is 0.720. The summed E-state index contributed by atoms with van der Waals surface area (Å²) in [5.74, 6) is 0.0257. The number of benzene rings is 2. The molecule has 1 saturated heterocycles. The molecule has 1 amide bonds. The molecule has 2 heterocycles. The fraction of sp³-hybridized carbons (Fsp3) is 0.348. The third-order valence-electron chi connectivity index (χ3n) is 5.49. The van der Waals surface area contributed by atoms with Crippen LogP contribution in [0.4, 0.5) is 4.39 Å². The largest absolute Gasteiger partial charge is 0.451 e. The number of carbonyl (C=O) groups excluding carboxylic acids is 1. The Hall–Kier alpha value is -2.66. The lowest BCUT2D eigenvalue weighted by Gasteiger charge is -2.33. The van der Waals surface area contributed by atoms with Gasteiger partial charge in [0.15, 0.2) is 5.76 Å². The number of aryl methyl sites for hydroxylation is 2. The molecule has 1 atom stereocenters. The predicted octanol–water partition coefficient (Wildman–Crippen LogP) is 4.58. The highest BCUT2D eigenvalue weighted by Crippen LogP contribution is 2.26. The van der Waals surface area contributed by atoms with Crippen LogP contribution in [0.3, 0.4) is 0 Å². The molecule has 0 aliphatic carbocycles. The summed E-state index contributed by atoms with van der Waals surface area (Å²) in [6.45, 7) is 6.09. The summed E-state index contributed by atoms with van der Waals surface area (Å²) in [6, 6.07) is 12.9. The molecule has 1 aliphatic rings. The van der Waals surface area contributed by atoms with Crippen LogP contribution in [0.15, 0.2) is 46.9 Å². The van der Waals surface area contributed by atoms with Gasteiger partial charge in [0.05, 0.1) is 0 Å². The summed E-state index contributed by atoms with van der Waals surface area (Å²) in [6.07, 6.45) is 1.88. The Bertz CT molecular complexity index is 1010. The van der Waals surface area contributed by atoms with Gasteiger partial charge in [-0.2, -0.15) is 0 Å². The number of nitrogens with one attached hydrogen (secondary N) is 1. The van der Waals surface area contributed by atoms with Gasteiger partial charge in [0.1, 0.15) is 11.4 Å². The van der Waals surface area contributed by atoms with Crippen LogP contribution in [-0.4, -0.2) is 29.9 Å². The van der Waals surface area contributed by atoms with Crippen LogP contribution in [-0.2, 0) is 6.54 Å². The average molecular weight is 380 g/mol. The Morgan fingerprint density at radius 1 is 1.25 bits per heavy atom. The van der Waals surface area contributed by atoms with Gasteiger partial charge >= 0.3 is 0 Å². The summed E-state index contributed by atoms with van der Waals surface area (Å²) >= 11 is 0. The number of amides is 1. The minimum absolute atomic E-state index is 0.0300. The van der Waals surface area contributed by atoms with Crippen molar-refractivity contribution in [3.8, 4) is 0 Å². The van der Waals surface area contributed by atoms with Gasteiger partial charge in [-0.3, -0.25) is 9.69 Å². The first-order valence-corrected chi connectivity index (χ1v) is 9.77. The van der Waals surface area contributed by atoms with Gasteiger partial charge < -0.3 is 9.73 Å². The number of carbonyl (C=O) groups is 1. The number of fused-ring (bicyclic) bond motifs is 1. The zero-order valence-electron chi connectivity index (χ0n) is 16.3. The fourth-order valence-corrected chi connectivity index (χ4v) is 3.98. The average Bonchev–Trinajstić information content (AvgIpc) is 3.00. The van der Waals surface area contributed by atoms with Crippen molar-refractivity contribution >= 4 is 16.9 Å². The Morgan fingerprint density at radius 2 is 2.07 bits per heavy atom. The van der Waals surface area contributed by atoms with Crippen LogP contribution >= 0.6 is 0 Å². The number of furan rings is 1. The van der Waals surface area contributed by atoms with E-state index in [0.29, 0.717) is 24.4 Å². The smallest absolute Gasteiger partial charge is 0.287 e. The lowest BCUT2D eigenvalue weighted by molar-refractivity contribution is 0.0873. The molecule has 1 aromatic heterocycles. The van der Waals surface area contributed by atoms with Gasteiger partial charge in [-0.1, -0.05) is 30.3 Å². The van der Waals surface area contributed by atoms with E-state index in [2.05, 4.69) is 10.2 Å². The minimum atomic E-state index is -0.179. The number of nitrogens with zero attached hydrogens (tertiary/aromatic N) is 1. The molecular formula is C23H25FN2O2. The number of hydrogen-bond acceptors (Lipinski definition) is 3. The van der Waals surface area contributed by atoms with Crippen molar-refractivity contribution in [3.63, 3.8) is 0 Å². The van der Waals surface area contributed by atoms with Gasteiger partial charge in [0.2, 0.25) is 0 Å². The van der Waals surface area contributed by atoms with Gasteiger partial charge in [-0.05, 0) is 50.9 Å². The number of likely N-dealkylation sites (tertiary alicyclic amines) is 1. The molecule has 0 bridgehead atoms. The number of halogens is 1.